The zero-order valence-electron chi connectivity index (χ0n) is 13.4. The number of hydrogen-bond acceptors (Lipinski definition) is 3. The first-order chi connectivity index (χ1) is 11.1. The highest BCUT2D eigenvalue weighted by molar-refractivity contribution is 7.16. The van der Waals surface area contributed by atoms with Crippen molar-refractivity contribution in [3.63, 3.8) is 0 Å². The molecule has 2 aromatic rings. The van der Waals surface area contributed by atoms with Gasteiger partial charge in [0.05, 0.1) is 10.9 Å². The lowest BCUT2D eigenvalue weighted by Crippen LogP contribution is -2.38. The lowest BCUT2D eigenvalue weighted by atomic mass is 10.1. The van der Waals surface area contributed by atoms with Crippen molar-refractivity contribution in [3.8, 4) is 5.75 Å². The second-order valence-electron chi connectivity index (χ2n) is 5.22. The Morgan fingerprint density at radius 2 is 2.17 bits per heavy atom. The van der Waals surface area contributed by atoms with E-state index in [1.807, 2.05) is 31.3 Å². The van der Waals surface area contributed by atoms with E-state index in [1.165, 1.54) is 4.88 Å². The molecule has 0 aliphatic carbocycles. The van der Waals surface area contributed by atoms with Gasteiger partial charge in [0, 0.05) is 25.0 Å². The number of nitrogens with one attached hydrogen (secondary N) is 1. The van der Waals surface area contributed by atoms with E-state index >= 15 is 0 Å². The fourth-order valence-corrected chi connectivity index (χ4v) is 3.36. The third-order valence-electron chi connectivity index (χ3n) is 3.29. The molecule has 1 aromatic heterocycles. The molecule has 124 valence electrons. The van der Waals surface area contributed by atoms with Gasteiger partial charge in [-0.2, -0.15) is 0 Å². The Morgan fingerprint density at radius 3 is 2.83 bits per heavy atom. The van der Waals surface area contributed by atoms with Gasteiger partial charge in [-0.15, -0.1) is 11.3 Å². The molecule has 2 N–H and O–H groups in total. The molecule has 0 aliphatic heterocycles. The molecule has 2 rings (SSSR count). The number of phenols is 1. The lowest BCUT2D eigenvalue weighted by Gasteiger charge is -2.21. The third kappa shape index (κ3) is 5.77. The van der Waals surface area contributed by atoms with Crippen molar-refractivity contribution in [1.82, 2.24) is 10.2 Å². The summed E-state index contributed by atoms with van der Waals surface area (Å²) in [5.41, 5.74) is 1.08. The van der Waals surface area contributed by atoms with Crippen LogP contribution in [0.3, 0.4) is 0 Å². The van der Waals surface area contributed by atoms with Crippen LogP contribution in [0.5, 0.6) is 5.75 Å². The summed E-state index contributed by atoms with van der Waals surface area (Å²) in [5, 5.41) is 12.8. The Kier molecular flexibility index (Phi) is 6.74. The van der Waals surface area contributed by atoms with Crippen molar-refractivity contribution >= 4 is 28.9 Å². The number of rotatable bonds is 6. The van der Waals surface area contributed by atoms with Crippen molar-refractivity contribution < 1.29 is 5.11 Å². The standard InChI is InChI=1S/C17H22ClN3OS/c1-3-19-17(21(2)12-15-7-8-16(18)23-15)20-10-9-13-5-4-6-14(22)11-13/h4-8,11,22H,3,9-10,12H2,1-2H3,(H,19,20). The summed E-state index contributed by atoms with van der Waals surface area (Å²) in [5.74, 6) is 1.17. The number of aromatic hydroxyl groups is 1. The molecule has 1 aromatic carbocycles. The van der Waals surface area contributed by atoms with E-state index in [1.54, 1.807) is 23.5 Å². The summed E-state index contributed by atoms with van der Waals surface area (Å²) in [6, 6.07) is 11.3. The molecule has 0 unspecified atom stereocenters. The van der Waals surface area contributed by atoms with E-state index < -0.39 is 0 Å². The van der Waals surface area contributed by atoms with Gasteiger partial charge in [-0.25, -0.2) is 0 Å². The van der Waals surface area contributed by atoms with E-state index in [0.29, 0.717) is 12.3 Å². The molecule has 1 heterocycles. The number of halogens is 1. The summed E-state index contributed by atoms with van der Waals surface area (Å²) < 4.78 is 0.805. The molecular formula is C17H22ClN3OS. The topological polar surface area (TPSA) is 47.9 Å². The smallest absolute Gasteiger partial charge is 0.193 e. The van der Waals surface area contributed by atoms with Gasteiger partial charge in [-0.05, 0) is 43.2 Å². The summed E-state index contributed by atoms with van der Waals surface area (Å²) in [4.78, 5) is 7.96. The minimum absolute atomic E-state index is 0.296. The molecule has 0 amide bonds. The molecule has 4 nitrogen and oxygen atoms in total. The molecule has 0 spiro atoms. The highest BCUT2D eigenvalue weighted by Gasteiger charge is 2.08. The van der Waals surface area contributed by atoms with Crippen LogP contribution in [0.4, 0.5) is 0 Å². The number of thiophene rings is 1. The Morgan fingerprint density at radius 1 is 1.35 bits per heavy atom. The van der Waals surface area contributed by atoms with E-state index in [9.17, 15) is 5.11 Å². The van der Waals surface area contributed by atoms with Crippen LogP contribution in [0.2, 0.25) is 4.34 Å². The van der Waals surface area contributed by atoms with Crippen molar-refractivity contribution in [3.05, 3.63) is 51.2 Å². The molecule has 0 bridgehead atoms. The minimum Gasteiger partial charge on any atom is -0.508 e. The Hall–Kier alpha value is -1.72. The van der Waals surface area contributed by atoms with Gasteiger partial charge in [0.25, 0.3) is 0 Å². The van der Waals surface area contributed by atoms with E-state index in [4.69, 9.17) is 11.6 Å². The minimum atomic E-state index is 0.296. The van der Waals surface area contributed by atoms with E-state index in [-0.39, 0.29) is 0 Å². The summed E-state index contributed by atoms with van der Waals surface area (Å²) in [6.07, 6.45) is 0.794. The quantitative estimate of drug-likeness (QED) is 0.615. The Bertz CT molecular complexity index is 657. The first-order valence-electron chi connectivity index (χ1n) is 7.60. The normalized spacial score (nSPS) is 11.5. The first kappa shape index (κ1) is 17.6. The number of hydrogen-bond donors (Lipinski definition) is 2. The maximum Gasteiger partial charge on any atom is 0.193 e. The maximum atomic E-state index is 9.49. The molecule has 0 fully saturated rings. The molecule has 0 aliphatic rings. The van der Waals surface area contributed by atoms with Crippen LogP contribution in [0, 0.1) is 0 Å². The number of guanidine groups is 1. The molecule has 0 saturated carbocycles. The third-order valence-corrected chi connectivity index (χ3v) is 4.51. The predicted octanol–water partition coefficient (Wildman–Crippen LogP) is 3.75. The summed E-state index contributed by atoms with van der Waals surface area (Å²) >= 11 is 7.57. The highest BCUT2D eigenvalue weighted by atomic mass is 35.5. The van der Waals surface area contributed by atoms with E-state index in [2.05, 4.69) is 22.1 Å². The molecule has 0 atom stereocenters. The van der Waals surface area contributed by atoms with Gasteiger partial charge in [-0.3, -0.25) is 4.99 Å². The lowest BCUT2D eigenvalue weighted by molar-refractivity contribution is 0.474. The number of benzene rings is 1. The van der Waals surface area contributed by atoms with Crippen molar-refractivity contribution in [2.75, 3.05) is 20.1 Å². The Balaban J connectivity index is 1.95. The summed E-state index contributed by atoms with van der Waals surface area (Å²) in [6.45, 7) is 4.32. The van der Waals surface area contributed by atoms with Crippen LogP contribution >= 0.6 is 22.9 Å². The van der Waals surface area contributed by atoms with Gasteiger partial charge in [0.1, 0.15) is 5.75 Å². The van der Waals surface area contributed by atoms with Crippen molar-refractivity contribution in [2.24, 2.45) is 4.99 Å². The monoisotopic (exact) mass is 351 g/mol. The maximum absolute atomic E-state index is 9.49. The second kappa shape index (κ2) is 8.79. The highest BCUT2D eigenvalue weighted by Crippen LogP contribution is 2.22. The molecular weight excluding hydrogens is 330 g/mol. The molecule has 0 radical (unpaired) electrons. The van der Waals surface area contributed by atoms with Gasteiger partial charge in [-0.1, -0.05) is 23.7 Å². The van der Waals surface area contributed by atoms with Crippen LogP contribution in [0.25, 0.3) is 0 Å². The largest absolute Gasteiger partial charge is 0.508 e. The van der Waals surface area contributed by atoms with Crippen molar-refractivity contribution in [1.29, 1.82) is 0 Å². The zero-order chi connectivity index (χ0) is 16.7. The molecule has 0 saturated heterocycles. The van der Waals surface area contributed by atoms with Crippen LogP contribution in [0.1, 0.15) is 17.4 Å². The zero-order valence-corrected chi connectivity index (χ0v) is 15.0. The summed E-state index contributed by atoms with van der Waals surface area (Å²) in [7, 11) is 2.02. The van der Waals surface area contributed by atoms with Crippen LogP contribution in [-0.2, 0) is 13.0 Å². The fraction of sp³-hybridized carbons (Fsp3) is 0.353. The molecule has 23 heavy (non-hydrogen) atoms. The number of phenolic OH excluding ortho intramolecular Hbond substituents is 1. The van der Waals surface area contributed by atoms with Gasteiger partial charge >= 0.3 is 0 Å². The molecule has 6 heteroatoms. The van der Waals surface area contributed by atoms with Crippen LogP contribution < -0.4 is 5.32 Å². The first-order valence-corrected chi connectivity index (χ1v) is 8.79. The van der Waals surface area contributed by atoms with E-state index in [0.717, 1.165) is 35.4 Å². The average molecular weight is 352 g/mol. The average Bonchev–Trinajstić information content (AvgIpc) is 2.91. The van der Waals surface area contributed by atoms with Crippen LogP contribution in [-0.4, -0.2) is 36.1 Å². The fourth-order valence-electron chi connectivity index (χ4n) is 2.22. The Labute approximate surface area is 146 Å². The second-order valence-corrected chi connectivity index (χ2v) is 7.02. The van der Waals surface area contributed by atoms with Crippen LogP contribution in [0.15, 0.2) is 41.4 Å². The number of nitrogens with zero attached hydrogens (tertiary/aromatic N) is 2. The van der Waals surface area contributed by atoms with Gasteiger partial charge in [0.15, 0.2) is 5.96 Å². The SMILES string of the molecule is CCNC(=NCCc1cccc(O)c1)N(C)Cc1ccc(Cl)s1. The van der Waals surface area contributed by atoms with Gasteiger partial charge < -0.3 is 15.3 Å². The number of aliphatic imine (C=N–C) groups is 1. The predicted molar refractivity (Wildman–Crippen MR) is 98.6 cm³/mol. The van der Waals surface area contributed by atoms with Crippen molar-refractivity contribution in [2.45, 2.75) is 19.9 Å². The van der Waals surface area contributed by atoms with Gasteiger partial charge in [0.2, 0.25) is 0 Å².